The number of sulfonamides is 1. The van der Waals surface area contributed by atoms with Crippen LogP contribution in [0.4, 0.5) is 9.59 Å². The zero-order valence-electron chi connectivity index (χ0n) is 18.0. The summed E-state index contributed by atoms with van der Waals surface area (Å²) < 4.78 is 40.3. The fourth-order valence-electron chi connectivity index (χ4n) is 2.97. The molecule has 0 aliphatic carbocycles. The number of hydrogen-bond donors (Lipinski definition) is 1. The Morgan fingerprint density at radius 3 is 2.48 bits per heavy atom. The van der Waals surface area contributed by atoms with Gasteiger partial charge in [0.2, 0.25) is 10.0 Å². The molecule has 2 amide bonds. The molecule has 1 N–H and O–H groups in total. The van der Waals surface area contributed by atoms with E-state index in [0.717, 1.165) is 0 Å². The van der Waals surface area contributed by atoms with Gasteiger partial charge in [0.05, 0.1) is 10.9 Å². The molecule has 2 rings (SSSR count). The van der Waals surface area contributed by atoms with Crippen LogP contribution in [-0.2, 0) is 19.5 Å². The summed E-state index contributed by atoms with van der Waals surface area (Å²) in [5, 5.41) is 0. The Kier molecular flexibility index (Phi) is 8.39. The maximum Gasteiger partial charge on any atom is 0.410 e. The smallest absolute Gasteiger partial charge is 0.410 e. The Balaban J connectivity index is 2.20. The second-order valence-electron chi connectivity index (χ2n) is 8.39. The standard InChI is InChI=1S/C19H27Br2N3O6S/c1-19(2,3)30-18(26)24-10-13(9-14(24)11-29-17(25)23(4)5)22-31(27,28)16-8-12(20)6-7-15(16)21/h6-8,13-14,22H,9-11H2,1-5H3/t13-,14-/m1/s1. The first-order chi connectivity index (χ1) is 14.2. The third kappa shape index (κ3) is 7.33. The molecule has 0 aromatic heterocycles. The van der Waals surface area contributed by atoms with E-state index in [2.05, 4.69) is 36.6 Å². The number of rotatable bonds is 5. The zero-order chi connectivity index (χ0) is 23.6. The predicted octanol–water partition coefficient (Wildman–Crippen LogP) is 3.57. The van der Waals surface area contributed by atoms with Crippen molar-refractivity contribution in [2.45, 2.75) is 49.8 Å². The van der Waals surface area contributed by atoms with Gasteiger partial charge < -0.3 is 19.3 Å². The third-order valence-electron chi connectivity index (χ3n) is 4.31. The van der Waals surface area contributed by atoms with Crippen molar-refractivity contribution in [3.63, 3.8) is 0 Å². The van der Waals surface area contributed by atoms with Gasteiger partial charge in [-0.1, -0.05) is 15.9 Å². The maximum absolute atomic E-state index is 12.9. The van der Waals surface area contributed by atoms with E-state index in [1.54, 1.807) is 47.0 Å². The Morgan fingerprint density at radius 2 is 1.90 bits per heavy atom. The summed E-state index contributed by atoms with van der Waals surface area (Å²) in [5.74, 6) is 0. The van der Waals surface area contributed by atoms with Gasteiger partial charge in [-0.3, -0.25) is 0 Å². The van der Waals surface area contributed by atoms with Crippen molar-refractivity contribution < 1.29 is 27.5 Å². The monoisotopic (exact) mass is 583 g/mol. The van der Waals surface area contributed by atoms with E-state index in [1.165, 1.54) is 15.9 Å². The lowest BCUT2D eigenvalue weighted by Crippen LogP contribution is -2.43. The Hall–Kier alpha value is -1.37. The van der Waals surface area contributed by atoms with Crippen molar-refractivity contribution in [1.82, 2.24) is 14.5 Å². The molecule has 0 unspecified atom stereocenters. The van der Waals surface area contributed by atoms with Crippen LogP contribution in [0.15, 0.2) is 32.0 Å². The summed E-state index contributed by atoms with van der Waals surface area (Å²) in [5.41, 5.74) is -0.722. The fraction of sp³-hybridized carbons (Fsp3) is 0.579. The van der Waals surface area contributed by atoms with Gasteiger partial charge in [0.1, 0.15) is 12.2 Å². The maximum atomic E-state index is 12.9. The van der Waals surface area contributed by atoms with E-state index in [9.17, 15) is 18.0 Å². The number of ether oxygens (including phenoxy) is 2. The van der Waals surface area contributed by atoms with E-state index >= 15 is 0 Å². The normalized spacial score (nSPS) is 19.3. The minimum atomic E-state index is -3.87. The Labute approximate surface area is 199 Å². The average molecular weight is 585 g/mol. The molecule has 0 saturated carbocycles. The Bertz CT molecular complexity index is 933. The predicted molar refractivity (Wildman–Crippen MR) is 122 cm³/mol. The average Bonchev–Trinajstić information content (AvgIpc) is 3.02. The molecule has 31 heavy (non-hydrogen) atoms. The molecule has 1 aromatic carbocycles. The van der Waals surface area contributed by atoms with Gasteiger partial charge in [0.15, 0.2) is 0 Å². The topological polar surface area (TPSA) is 105 Å². The molecule has 174 valence electrons. The van der Waals surface area contributed by atoms with Gasteiger partial charge >= 0.3 is 12.2 Å². The first-order valence-corrected chi connectivity index (χ1v) is 12.6. The number of nitrogens with one attached hydrogen (secondary N) is 1. The van der Waals surface area contributed by atoms with E-state index < -0.39 is 39.9 Å². The lowest BCUT2D eigenvalue weighted by atomic mass is 10.2. The molecule has 0 spiro atoms. The van der Waals surface area contributed by atoms with Crippen molar-refractivity contribution in [3.8, 4) is 0 Å². The quantitative estimate of drug-likeness (QED) is 0.567. The van der Waals surface area contributed by atoms with Crippen LogP contribution in [0.3, 0.4) is 0 Å². The van der Waals surface area contributed by atoms with Crippen LogP contribution >= 0.6 is 31.9 Å². The highest BCUT2D eigenvalue weighted by molar-refractivity contribution is 9.11. The highest BCUT2D eigenvalue weighted by atomic mass is 79.9. The molecule has 1 heterocycles. The van der Waals surface area contributed by atoms with Crippen LogP contribution in [0.25, 0.3) is 0 Å². The van der Waals surface area contributed by atoms with Crippen LogP contribution in [0, 0.1) is 0 Å². The summed E-state index contributed by atoms with van der Waals surface area (Å²) in [6.07, 6.45) is -0.875. The molecule has 1 saturated heterocycles. The van der Waals surface area contributed by atoms with Crippen molar-refractivity contribution in [2.75, 3.05) is 27.2 Å². The zero-order valence-corrected chi connectivity index (χ0v) is 22.0. The molecule has 1 aliphatic heterocycles. The molecule has 2 atom stereocenters. The van der Waals surface area contributed by atoms with Gasteiger partial charge in [-0.2, -0.15) is 0 Å². The van der Waals surface area contributed by atoms with Crippen LogP contribution in [0.2, 0.25) is 0 Å². The van der Waals surface area contributed by atoms with Crippen LogP contribution < -0.4 is 4.72 Å². The SMILES string of the molecule is CN(C)C(=O)OC[C@H]1C[C@@H](NS(=O)(=O)c2cc(Br)ccc2Br)CN1C(=O)OC(C)(C)C. The second kappa shape index (κ2) is 10.1. The molecule has 1 fully saturated rings. The van der Waals surface area contributed by atoms with E-state index in [-0.39, 0.29) is 24.5 Å². The van der Waals surface area contributed by atoms with E-state index in [1.807, 2.05) is 0 Å². The number of hydrogen-bond acceptors (Lipinski definition) is 6. The lowest BCUT2D eigenvalue weighted by molar-refractivity contribution is 0.0144. The van der Waals surface area contributed by atoms with Crippen molar-refractivity contribution in [2.24, 2.45) is 0 Å². The molecule has 1 aliphatic rings. The van der Waals surface area contributed by atoms with Gasteiger partial charge in [0.25, 0.3) is 0 Å². The first kappa shape index (κ1) is 25.9. The van der Waals surface area contributed by atoms with Crippen LogP contribution in [-0.4, -0.2) is 75.3 Å². The van der Waals surface area contributed by atoms with Gasteiger partial charge in [-0.25, -0.2) is 22.7 Å². The third-order valence-corrected chi connectivity index (χ3v) is 7.32. The van der Waals surface area contributed by atoms with E-state index in [4.69, 9.17) is 9.47 Å². The number of amides is 2. The first-order valence-electron chi connectivity index (χ1n) is 9.50. The second-order valence-corrected chi connectivity index (χ2v) is 11.8. The van der Waals surface area contributed by atoms with Gasteiger partial charge in [-0.15, -0.1) is 0 Å². The molecule has 0 radical (unpaired) electrons. The van der Waals surface area contributed by atoms with Crippen molar-refractivity contribution in [1.29, 1.82) is 0 Å². The summed E-state index contributed by atoms with van der Waals surface area (Å²) in [6.45, 7) is 5.24. The highest BCUT2D eigenvalue weighted by Crippen LogP contribution is 2.28. The molecular weight excluding hydrogens is 558 g/mol. The fourth-order valence-corrected chi connectivity index (χ4v) is 5.71. The largest absolute Gasteiger partial charge is 0.447 e. The summed E-state index contributed by atoms with van der Waals surface area (Å²) in [4.78, 5) is 27.3. The molecular formula is C19H27Br2N3O6S. The minimum absolute atomic E-state index is 0.0743. The molecule has 9 nitrogen and oxygen atoms in total. The molecule has 0 bridgehead atoms. The van der Waals surface area contributed by atoms with Crippen molar-refractivity contribution >= 4 is 54.1 Å². The van der Waals surface area contributed by atoms with Crippen LogP contribution in [0.1, 0.15) is 27.2 Å². The summed E-state index contributed by atoms with van der Waals surface area (Å²) >= 11 is 6.54. The summed E-state index contributed by atoms with van der Waals surface area (Å²) in [6, 6.07) is 3.73. The number of likely N-dealkylation sites (tertiary alicyclic amines) is 1. The van der Waals surface area contributed by atoms with Gasteiger partial charge in [-0.05, 0) is 61.3 Å². The number of halogens is 2. The van der Waals surface area contributed by atoms with Gasteiger partial charge in [0, 0.05) is 35.6 Å². The summed E-state index contributed by atoms with van der Waals surface area (Å²) in [7, 11) is -0.769. The Morgan fingerprint density at radius 1 is 1.26 bits per heavy atom. The minimum Gasteiger partial charge on any atom is -0.447 e. The van der Waals surface area contributed by atoms with Crippen molar-refractivity contribution in [3.05, 3.63) is 27.1 Å². The lowest BCUT2D eigenvalue weighted by Gasteiger charge is -2.28. The molecule has 12 heteroatoms. The number of benzene rings is 1. The van der Waals surface area contributed by atoms with Crippen LogP contribution in [0.5, 0.6) is 0 Å². The molecule has 1 aromatic rings. The number of carbonyl (C=O) groups is 2. The number of carbonyl (C=O) groups excluding carboxylic acids is 2. The highest BCUT2D eigenvalue weighted by Gasteiger charge is 2.40. The van der Waals surface area contributed by atoms with E-state index in [0.29, 0.717) is 8.95 Å². The number of nitrogens with zero attached hydrogens (tertiary/aromatic N) is 2.